The molecule has 2 aliphatic heterocycles. The minimum absolute atomic E-state index is 0.0201. The van der Waals surface area contributed by atoms with Crippen LogP contribution in [0.2, 0.25) is 0 Å². The summed E-state index contributed by atoms with van der Waals surface area (Å²) in [5, 5.41) is 0. The molecule has 182 valence electrons. The van der Waals surface area contributed by atoms with Gasteiger partial charge in [0.25, 0.3) is 0 Å². The zero-order valence-corrected chi connectivity index (χ0v) is 20.6. The lowest BCUT2D eigenvalue weighted by atomic mass is 9.91. The SMILES string of the molecule is Cc1cccc(O[C@H]2C[C@H](C(=O)N3CCCN(C4CCC4)CC3)N(C(=O)OC(C)(C)C)C2)c1. The molecule has 3 aliphatic rings. The zero-order chi connectivity index (χ0) is 23.6. The van der Waals surface area contributed by atoms with Gasteiger partial charge in [-0.15, -0.1) is 0 Å². The summed E-state index contributed by atoms with van der Waals surface area (Å²) in [5.74, 6) is 0.787. The molecular formula is C26H39N3O4. The van der Waals surface area contributed by atoms with Gasteiger partial charge >= 0.3 is 6.09 Å². The second kappa shape index (κ2) is 9.92. The molecule has 2 atom stereocenters. The fraction of sp³-hybridized carbons (Fsp3) is 0.692. The van der Waals surface area contributed by atoms with Gasteiger partial charge in [0.15, 0.2) is 0 Å². The number of nitrogens with zero attached hydrogens (tertiary/aromatic N) is 3. The van der Waals surface area contributed by atoms with Gasteiger partial charge in [-0.2, -0.15) is 0 Å². The van der Waals surface area contributed by atoms with E-state index in [0.29, 0.717) is 19.0 Å². The quantitative estimate of drug-likeness (QED) is 0.688. The van der Waals surface area contributed by atoms with Crippen LogP contribution in [-0.2, 0) is 9.53 Å². The summed E-state index contributed by atoms with van der Waals surface area (Å²) >= 11 is 0. The fourth-order valence-electron chi connectivity index (χ4n) is 5.01. The molecule has 7 heteroatoms. The van der Waals surface area contributed by atoms with E-state index in [1.54, 1.807) is 4.90 Å². The molecule has 3 fully saturated rings. The topological polar surface area (TPSA) is 62.3 Å². The Labute approximate surface area is 198 Å². The van der Waals surface area contributed by atoms with Crippen LogP contribution in [0.4, 0.5) is 4.79 Å². The number of aryl methyl sites for hydroxylation is 1. The first-order valence-corrected chi connectivity index (χ1v) is 12.5. The number of likely N-dealkylation sites (tertiary alicyclic amines) is 1. The summed E-state index contributed by atoms with van der Waals surface area (Å²) < 4.78 is 11.9. The van der Waals surface area contributed by atoms with Crippen molar-refractivity contribution in [3.63, 3.8) is 0 Å². The molecule has 7 nitrogen and oxygen atoms in total. The summed E-state index contributed by atoms with van der Waals surface area (Å²) in [6.45, 7) is 11.3. The van der Waals surface area contributed by atoms with Gasteiger partial charge in [-0.05, 0) is 64.7 Å². The second-order valence-electron chi connectivity index (χ2n) is 10.7. The minimum atomic E-state index is -0.619. The third-order valence-electron chi connectivity index (χ3n) is 6.90. The van der Waals surface area contributed by atoms with Crippen molar-refractivity contribution >= 4 is 12.0 Å². The molecule has 2 amide bonds. The molecule has 0 unspecified atom stereocenters. The molecule has 4 rings (SSSR count). The van der Waals surface area contributed by atoms with Crippen LogP contribution in [0.3, 0.4) is 0 Å². The number of amides is 2. The van der Waals surface area contributed by atoms with Gasteiger partial charge in [0, 0.05) is 38.6 Å². The number of hydrogen-bond donors (Lipinski definition) is 0. The molecule has 33 heavy (non-hydrogen) atoms. The predicted octanol–water partition coefficient (Wildman–Crippen LogP) is 3.84. The van der Waals surface area contributed by atoms with E-state index in [2.05, 4.69) is 4.90 Å². The van der Waals surface area contributed by atoms with Crippen LogP contribution in [0.1, 0.15) is 58.4 Å². The molecule has 1 aliphatic carbocycles. The Morgan fingerprint density at radius 1 is 1.03 bits per heavy atom. The number of benzene rings is 1. The maximum atomic E-state index is 13.6. The van der Waals surface area contributed by atoms with Crippen LogP contribution in [0.5, 0.6) is 5.75 Å². The Morgan fingerprint density at radius 3 is 2.48 bits per heavy atom. The van der Waals surface area contributed by atoms with Crippen molar-refractivity contribution in [2.75, 3.05) is 32.7 Å². The molecular weight excluding hydrogens is 418 g/mol. The van der Waals surface area contributed by atoms with Crippen molar-refractivity contribution in [2.24, 2.45) is 0 Å². The normalized spacial score (nSPS) is 24.8. The first kappa shape index (κ1) is 23.9. The van der Waals surface area contributed by atoms with Crippen LogP contribution in [-0.4, -0.2) is 83.2 Å². The van der Waals surface area contributed by atoms with Crippen molar-refractivity contribution < 1.29 is 19.1 Å². The van der Waals surface area contributed by atoms with E-state index in [9.17, 15) is 9.59 Å². The molecule has 0 aromatic heterocycles. The third kappa shape index (κ3) is 5.99. The Bertz CT molecular complexity index is 848. The maximum absolute atomic E-state index is 13.6. The summed E-state index contributed by atoms with van der Waals surface area (Å²) in [6.07, 6.45) is 4.65. The van der Waals surface area contributed by atoms with Crippen molar-refractivity contribution in [1.29, 1.82) is 0 Å². The van der Waals surface area contributed by atoms with Crippen molar-refractivity contribution in [1.82, 2.24) is 14.7 Å². The van der Waals surface area contributed by atoms with E-state index >= 15 is 0 Å². The number of rotatable bonds is 4. The number of hydrogen-bond acceptors (Lipinski definition) is 5. The van der Waals surface area contributed by atoms with Crippen LogP contribution in [0, 0.1) is 6.92 Å². The molecule has 2 heterocycles. The second-order valence-corrected chi connectivity index (χ2v) is 10.7. The van der Waals surface area contributed by atoms with Crippen LogP contribution < -0.4 is 4.74 Å². The van der Waals surface area contributed by atoms with Gasteiger partial charge in [0.05, 0.1) is 6.54 Å². The van der Waals surface area contributed by atoms with Crippen LogP contribution >= 0.6 is 0 Å². The Balaban J connectivity index is 1.46. The van der Waals surface area contributed by atoms with E-state index in [0.717, 1.165) is 43.9 Å². The van der Waals surface area contributed by atoms with Crippen molar-refractivity contribution in [3.05, 3.63) is 29.8 Å². The highest BCUT2D eigenvalue weighted by molar-refractivity contribution is 5.86. The highest BCUT2D eigenvalue weighted by atomic mass is 16.6. The molecule has 1 saturated carbocycles. The van der Waals surface area contributed by atoms with E-state index in [4.69, 9.17) is 9.47 Å². The van der Waals surface area contributed by atoms with E-state index in [1.807, 2.05) is 56.9 Å². The molecule has 1 aromatic rings. The standard InChI is InChI=1S/C26H39N3O4/c1-19-8-5-11-21(16-19)32-22-17-23(29(18-22)25(31)33-26(2,3)4)24(30)28-13-7-12-27(14-15-28)20-9-6-10-20/h5,8,11,16,20,22-23H,6-7,9-10,12-15,17-18H2,1-4H3/t22-,23+/m0/s1. The fourth-order valence-corrected chi connectivity index (χ4v) is 5.01. The largest absolute Gasteiger partial charge is 0.488 e. The number of ether oxygens (including phenoxy) is 2. The van der Waals surface area contributed by atoms with Gasteiger partial charge < -0.3 is 14.4 Å². The maximum Gasteiger partial charge on any atom is 0.411 e. The van der Waals surface area contributed by atoms with Crippen LogP contribution in [0.25, 0.3) is 0 Å². The minimum Gasteiger partial charge on any atom is -0.488 e. The van der Waals surface area contributed by atoms with Gasteiger partial charge in [0.1, 0.15) is 23.5 Å². The monoisotopic (exact) mass is 457 g/mol. The summed E-state index contributed by atoms with van der Waals surface area (Å²) in [5.41, 5.74) is 0.495. The first-order chi connectivity index (χ1) is 15.7. The molecule has 0 radical (unpaired) electrons. The third-order valence-corrected chi connectivity index (χ3v) is 6.90. The molecule has 1 aromatic carbocycles. The lowest BCUT2D eigenvalue weighted by Crippen LogP contribution is -2.50. The molecule has 0 bridgehead atoms. The zero-order valence-electron chi connectivity index (χ0n) is 20.6. The highest BCUT2D eigenvalue weighted by Crippen LogP contribution is 2.29. The molecule has 0 N–H and O–H groups in total. The van der Waals surface area contributed by atoms with E-state index in [-0.39, 0.29) is 12.0 Å². The molecule has 0 spiro atoms. The summed E-state index contributed by atoms with van der Waals surface area (Å²) in [7, 11) is 0. The Kier molecular flexibility index (Phi) is 7.17. The van der Waals surface area contributed by atoms with Gasteiger partial charge in [-0.1, -0.05) is 18.6 Å². The summed E-state index contributed by atoms with van der Waals surface area (Å²) in [4.78, 5) is 32.8. The first-order valence-electron chi connectivity index (χ1n) is 12.5. The van der Waals surface area contributed by atoms with E-state index in [1.165, 1.54) is 19.3 Å². The van der Waals surface area contributed by atoms with Gasteiger partial charge in [-0.3, -0.25) is 14.6 Å². The lowest BCUT2D eigenvalue weighted by Gasteiger charge is -2.37. The Hall–Kier alpha value is -2.28. The van der Waals surface area contributed by atoms with Crippen LogP contribution in [0.15, 0.2) is 24.3 Å². The average Bonchev–Trinajstić information content (AvgIpc) is 2.96. The van der Waals surface area contributed by atoms with Gasteiger partial charge in [0.2, 0.25) is 5.91 Å². The van der Waals surface area contributed by atoms with Gasteiger partial charge in [-0.25, -0.2) is 4.79 Å². The van der Waals surface area contributed by atoms with Crippen molar-refractivity contribution in [3.8, 4) is 5.75 Å². The summed E-state index contributed by atoms with van der Waals surface area (Å²) in [6, 6.07) is 8.02. The number of carbonyl (C=O) groups is 2. The smallest absolute Gasteiger partial charge is 0.411 e. The molecule has 2 saturated heterocycles. The van der Waals surface area contributed by atoms with E-state index < -0.39 is 17.7 Å². The van der Waals surface area contributed by atoms with Crippen molar-refractivity contribution in [2.45, 2.75) is 83.6 Å². The lowest BCUT2D eigenvalue weighted by molar-refractivity contribution is -0.135. The predicted molar refractivity (Wildman–Crippen MR) is 127 cm³/mol. The Morgan fingerprint density at radius 2 is 1.82 bits per heavy atom. The highest BCUT2D eigenvalue weighted by Gasteiger charge is 2.44. The average molecular weight is 458 g/mol. The number of carbonyl (C=O) groups excluding carboxylic acids is 2.